The number of esters is 2. The first-order chi connectivity index (χ1) is 17.7. The minimum atomic E-state index is -0.746. The lowest BCUT2D eigenvalue weighted by atomic mass is 9.87. The van der Waals surface area contributed by atoms with Crippen LogP contribution in [0.25, 0.3) is 0 Å². The summed E-state index contributed by atoms with van der Waals surface area (Å²) in [6, 6.07) is 21.2. The topological polar surface area (TPSA) is 91.8 Å². The van der Waals surface area contributed by atoms with E-state index in [1.54, 1.807) is 20.8 Å². The maximum atomic E-state index is 13.1. The van der Waals surface area contributed by atoms with E-state index < -0.39 is 35.7 Å². The average molecular weight is 504 g/mol. The van der Waals surface area contributed by atoms with Crippen molar-refractivity contribution in [3.63, 3.8) is 0 Å². The Bertz CT molecular complexity index is 1170. The molecular weight excluding hydrogens is 470 g/mol. The zero-order valence-corrected chi connectivity index (χ0v) is 21.8. The highest BCUT2D eigenvalue weighted by molar-refractivity contribution is 6.00. The number of benzene rings is 2. The number of hydrogen-bond donors (Lipinski definition) is 0. The largest absolute Gasteiger partial charge is 0.493 e. The summed E-state index contributed by atoms with van der Waals surface area (Å²) in [5, 5.41) is 0. The average Bonchev–Trinajstić information content (AvgIpc) is 2.89. The molecule has 7 nitrogen and oxygen atoms in total. The number of methoxy groups -OCH3 is 1. The Morgan fingerprint density at radius 2 is 1.38 bits per heavy atom. The molecule has 1 heterocycles. The lowest BCUT2D eigenvalue weighted by molar-refractivity contribution is -0.153. The summed E-state index contributed by atoms with van der Waals surface area (Å²) in [6.07, 6.45) is 0.750. The third-order valence-corrected chi connectivity index (χ3v) is 6.01. The first kappa shape index (κ1) is 27.6. The van der Waals surface area contributed by atoms with Crippen molar-refractivity contribution in [3.05, 3.63) is 89.7 Å². The molecule has 0 aliphatic heterocycles. The van der Waals surface area contributed by atoms with Crippen LogP contribution in [0, 0.1) is 11.8 Å². The standard InChI is InChI=1S/C30H33NO6/c1-19(2)29(33)37-28-25(35-5)16-17-31-27(28)24(32)18-20(3)30(34)36-21(4)26(22-12-8-6-9-13-22)23-14-10-7-11-15-23/h6-17,19-21,26H,18H2,1-5H3/t20-,21+/m1/s1. The van der Waals surface area contributed by atoms with Crippen LogP contribution >= 0.6 is 0 Å². The summed E-state index contributed by atoms with van der Waals surface area (Å²) in [7, 11) is 1.41. The van der Waals surface area contributed by atoms with E-state index in [0.29, 0.717) is 0 Å². The number of ketones is 1. The van der Waals surface area contributed by atoms with Gasteiger partial charge >= 0.3 is 11.9 Å². The number of rotatable bonds is 11. The molecule has 1 aromatic heterocycles. The molecule has 7 heteroatoms. The highest BCUT2D eigenvalue weighted by Gasteiger charge is 2.29. The third kappa shape index (κ3) is 7.03. The summed E-state index contributed by atoms with van der Waals surface area (Å²) < 4.78 is 16.6. The summed E-state index contributed by atoms with van der Waals surface area (Å²) in [5.41, 5.74) is 1.98. The second-order valence-corrected chi connectivity index (χ2v) is 9.24. The van der Waals surface area contributed by atoms with E-state index in [2.05, 4.69) is 4.98 Å². The number of carbonyl (C=O) groups excluding carboxylic acids is 3. The lowest BCUT2D eigenvalue weighted by Gasteiger charge is -2.26. The van der Waals surface area contributed by atoms with Crippen LogP contribution in [0.1, 0.15) is 61.6 Å². The van der Waals surface area contributed by atoms with E-state index >= 15 is 0 Å². The second kappa shape index (κ2) is 12.8. The molecule has 0 bridgehead atoms. The number of carbonyl (C=O) groups is 3. The number of pyridine rings is 1. The first-order valence-corrected chi connectivity index (χ1v) is 12.3. The smallest absolute Gasteiger partial charge is 0.313 e. The van der Waals surface area contributed by atoms with Crippen molar-refractivity contribution >= 4 is 17.7 Å². The fraction of sp³-hybridized carbons (Fsp3) is 0.333. The van der Waals surface area contributed by atoms with Crippen LogP contribution in [0.5, 0.6) is 11.5 Å². The van der Waals surface area contributed by atoms with Crippen molar-refractivity contribution in [2.24, 2.45) is 11.8 Å². The Labute approximate surface area is 217 Å². The van der Waals surface area contributed by atoms with Crippen molar-refractivity contribution < 1.29 is 28.6 Å². The van der Waals surface area contributed by atoms with Gasteiger partial charge in [0.2, 0.25) is 5.75 Å². The molecule has 0 radical (unpaired) electrons. The van der Waals surface area contributed by atoms with Gasteiger partial charge in [-0.15, -0.1) is 0 Å². The van der Waals surface area contributed by atoms with Gasteiger partial charge < -0.3 is 14.2 Å². The van der Waals surface area contributed by atoms with E-state index in [0.717, 1.165) is 11.1 Å². The fourth-order valence-corrected chi connectivity index (χ4v) is 3.99. The van der Waals surface area contributed by atoms with Gasteiger partial charge in [-0.25, -0.2) is 4.98 Å². The molecule has 3 aromatic rings. The van der Waals surface area contributed by atoms with Gasteiger partial charge in [0.15, 0.2) is 17.2 Å². The van der Waals surface area contributed by atoms with Gasteiger partial charge in [-0.05, 0) is 18.1 Å². The molecule has 0 spiro atoms. The summed E-state index contributed by atoms with van der Waals surface area (Å²) in [5.74, 6) is -2.63. The molecule has 0 aliphatic rings. The predicted molar refractivity (Wildman–Crippen MR) is 140 cm³/mol. The Hall–Kier alpha value is -4.00. The fourth-order valence-electron chi connectivity index (χ4n) is 3.99. The monoisotopic (exact) mass is 503 g/mol. The van der Waals surface area contributed by atoms with E-state index in [1.807, 2.05) is 67.6 Å². The zero-order valence-electron chi connectivity index (χ0n) is 21.8. The molecule has 0 aliphatic carbocycles. The summed E-state index contributed by atoms with van der Waals surface area (Å²) in [6.45, 7) is 6.85. The summed E-state index contributed by atoms with van der Waals surface area (Å²) >= 11 is 0. The van der Waals surface area contributed by atoms with Crippen LogP contribution in [0.2, 0.25) is 0 Å². The maximum Gasteiger partial charge on any atom is 0.313 e. The van der Waals surface area contributed by atoms with Crippen molar-refractivity contribution in [1.29, 1.82) is 0 Å². The third-order valence-electron chi connectivity index (χ3n) is 6.01. The molecule has 0 saturated heterocycles. The molecule has 0 saturated carbocycles. The van der Waals surface area contributed by atoms with Crippen LogP contribution in [-0.2, 0) is 14.3 Å². The first-order valence-electron chi connectivity index (χ1n) is 12.3. The van der Waals surface area contributed by atoms with Gasteiger partial charge in [-0.3, -0.25) is 14.4 Å². The molecule has 194 valence electrons. The van der Waals surface area contributed by atoms with E-state index in [1.165, 1.54) is 19.4 Å². The molecule has 0 fully saturated rings. The van der Waals surface area contributed by atoms with Crippen LogP contribution in [0.15, 0.2) is 72.9 Å². The highest BCUT2D eigenvalue weighted by atomic mass is 16.6. The van der Waals surface area contributed by atoms with Gasteiger partial charge in [-0.2, -0.15) is 0 Å². The number of ether oxygens (including phenoxy) is 3. The molecule has 2 aromatic carbocycles. The maximum absolute atomic E-state index is 13.1. The van der Waals surface area contributed by atoms with E-state index in [-0.39, 0.29) is 29.5 Å². The molecule has 0 unspecified atom stereocenters. The Kier molecular flexibility index (Phi) is 9.55. The number of hydrogen-bond acceptors (Lipinski definition) is 7. The van der Waals surface area contributed by atoms with E-state index in [9.17, 15) is 14.4 Å². The number of nitrogens with zero attached hydrogens (tertiary/aromatic N) is 1. The summed E-state index contributed by atoms with van der Waals surface area (Å²) in [4.78, 5) is 42.5. The highest BCUT2D eigenvalue weighted by Crippen LogP contribution is 2.33. The van der Waals surface area contributed by atoms with E-state index in [4.69, 9.17) is 14.2 Å². The van der Waals surface area contributed by atoms with Gasteiger partial charge in [0.05, 0.1) is 18.9 Å². The minimum Gasteiger partial charge on any atom is -0.493 e. The van der Waals surface area contributed by atoms with Crippen molar-refractivity contribution in [2.75, 3.05) is 7.11 Å². The Morgan fingerprint density at radius 3 is 1.89 bits per heavy atom. The normalized spacial score (nSPS) is 12.6. The Morgan fingerprint density at radius 1 is 0.811 bits per heavy atom. The molecular formula is C30H33NO6. The molecule has 2 atom stereocenters. The van der Waals surface area contributed by atoms with Crippen molar-refractivity contribution in [2.45, 2.75) is 46.1 Å². The van der Waals surface area contributed by atoms with Crippen molar-refractivity contribution in [3.8, 4) is 11.5 Å². The van der Waals surface area contributed by atoms with Crippen LogP contribution in [0.3, 0.4) is 0 Å². The van der Waals surface area contributed by atoms with Gasteiger partial charge in [0.1, 0.15) is 6.10 Å². The predicted octanol–water partition coefficient (Wildman–Crippen LogP) is 5.62. The quantitative estimate of drug-likeness (QED) is 0.248. The van der Waals surface area contributed by atoms with Crippen molar-refractivity contribution in [1.82, 2.24) is 4.98 Å². The Balaban J connectivity index is 1.76. The van der Waals surface area contributed by atoms with Gasteiger partial charge in [-0.1, -0.05) is 81.4 Å². The molecule has 3 rings (SSSR count). The van der Waals surface area contributed by atoms with Gasteiger partial charge in [0, 0.05) is 24.6 Å². The molecule has 0 amide bonds. The number of aromatic nitrogens is 1. The minimum absolute atomic E-state index is 0.0455. The number of Topliss-reactive ketones (excluding diaryl/α,β-unsaturated/α-hetero) is 1. The lowest BCUT2D eigenvalue weighted by Crippen LogP contribution is -2.28. The SMILES string of the molecule is COc1ccnc(C(=O)C[C@@H](C)C(=O)O[C@@H](C)C(c2ccccc2)c2ccccc2)c1OC(=O)C(C)C. The van der Waals surface area contributed by atoms with Gasteiger partial charge in [0.25, 0.3) is 0 Å². The molecule has 0 N–H and O–H groups in total. The van der Waals surface area contributed by atoms with Crippen LogP contribution in [0.4, 0.5) is 0 Å². The zero-order chi connectivity index (χ0) is 26.9. The van der Waals surface area contributed by atoms with Crippen LogP contribution in [-0.4, -0.2) is 35.9 Å². The van der Waals surface area contributed by atoms with Crippen LogP contribution < -0.4 is 9.47 Å². The second-order valence-electron chi connectivity index (χ2n) is 9.24. The molecule has 37 heavy (non-hydrogen) atoms.